The lowest BCUT2D eigenvalue weighted by Crippen LogP contribution is -2.56. The van der Waals surface area contributed by atoms with Crippen molar-refractivity contribution in [3.8, 4) is 0 Å². The van der Waals surface area contributed by atoms with Crippen LogP contribution in [0.3, 0.4) is 0 Å². The highest BCUT2D eigenvalue weighted by Gasteiger charge is 2.42. The van der Waals surface area contributed by atoms with Gasteiger partial charge in [0.2, 0.25) is 11.8 Å². The van der Waals surface area contributed by atoms with Crippen LogP contribution in [0.2, 0.25) is 0 Å². The van der Waals surface area contributed by atoms with Crippen LogP contribution in [0, 0.1) is 5.92 Å². The molecular formula is C24H41N3O7. The molecule has 0 aliphatic carbocycles. The molecule has 4 unspecified atom stereocenters. The molecule has 10 nitrogen and oxygen atoms in total. The molecule has 0 bridgehead atoms. The Balaban J connectivity index is 3.04. The summed E-state index contributed by atoms with van der Waals surface area (Å²) in [6, 6.07) is -3.21. The number of aliphatic hydroxyl groups is 1. The zero-order chi connectivity index (χ0) is 26.1. The van der Waals surface area contributed by atoms with Gasteiger partial charge in [0.1, 0.15) is 23.7 Å². The molecule has 0 radical (unpaired) electrons. The number of hydrogen-bond acceptors (Lipinski definition) is 6. The van der Waals surface area contributed by atoms with E-state index in [1.807, 2.05) is 0 Å². The van der Waals surface area contributed by atoms with E-state index in [9.17, 15) is 29.4 Å². The average Bonchev–Trinajstić information content (AvgIpc) is 3.13. The van der Waals surface area contributed by atoms with Gasteiger partial charge in [0, 0.05) is 18.9 Å². The molecule has 34 heavy (non-hydrogen) atoms. The molecule has 10 heteroatoms. The van der Waals surface area contributed by atoms with Crippen molar-refractivity contribution in [3.05, 3.63) is 12.7 Å². The van der Waals surface area contributed by atoms with Gasteiger partial charge in [-0.1, -0.05) is 45.6 Å². The average molecular weight is 484 g/mol. The van der Waals surface area contributed by atoms with Crippen molar-refractivity contribution in [2.45, 2.75) is 103 Å². The maximum Gasteiger partial charge on any atom is 0.408 e. The number of carboxylic acid groups (broad SMARTS) is 1. The number of β-amino-alcohol motifs (C(OH)–C–C–N with tert-alkyl or cyclic N) is 1. The van der Waals surface area contributed by atoms with E-state index in [0.29, 0.717) is 12.8 Å². The molecule has 0 saturated carbocycles. The molecule has 5 atom stereocenters. The number of carboxylic acids is 1. The SMILES string of the molecule is C=CC(C)C(NC(=O)C1CC(O)CN1C(=O)[C@H](CCCCCC)NC(=O)OC(C)(C)C)C(=O)O. The Morgan fingerprint density at radius 3 is 2.35 bits per heavy atom. The van der Waals surface area contributed by atoms with Crippen LogP contribution in [0.25, 0.3) is 0 Å². The number of nitrogens with zero attached hydrogens (tertiary/aromatic N) is 1. The van der Waals surface area contributed by atoms with Crippen molar-refractivity contribution in [2.24, 2.45) is 5.92 Å². The van der Waals surface area contributed by atoms with Gasteiger partial charge in [0.15, 0.2) is 0 Å². The molecule has 1 heterocycles. The number of carbonyl (C=O) groups is 4. The minimum atomic E-state index is -1.22. The lowest BCUT2D eigenvalue weighted by Gasteiger charge is -2.30. The molecule has 3 amide bonds. The second kappa shape index (κ2) is 13.3. The van der Waals surface area contributed by atoms with Crippen molar-refractivity contribution < 1.29 is 34.1 Å². The molecule has 0 aromatic rings. The van der Waals surface area contributed by atoms with Crippen LogP contribution >= 0.6 is 0 Å². The number of rotatable bonds is 12. The van der Waals surface area contributed by atoms with E-state index >= 15 is 0 Å². The molecule has 0 aromatic carbocycles. The number of aliphatic hydroxyl groups excluding tert-OH is 1. The van der Waals surface area contributed by atoms with Gasteiger partial charge in [-0.2, -0.15) is 0 Å². The number of aliphatic carboxylic acids is 1. The molecule has 1 fully saturated rings. The van der Waals surface area contributed by atoms with Crippen molar-refractivity contribution in [1.29, 1.82) is 0 Å². The van der Waals surface area contributed by atoms with Crippen LogP contribution in [-0.4, -0.2) is 75.4 Å². The molecule has 0 aromatic heterocycles. The third-order valence-electron chi connectivity index (χ3n) is 5.66. The summed E-state index contributed by atoms with van der Waals surface area (Å²) in [5.74, 6) is -2.95. The van der Waals surface area contributed by atoms with Gasteiger partial charge in [0.05, 0.1) is 6.10 Å². The van der Waals surface area contributed by atoms with Gasteiger partial charge < -0.3 is 30.5 Å². The van der Waals surface area contributed by atoms with Crippen LogP contribution in [0.15, 0.2) is 12.7 Å². The van der Waals surface area contributed by atoms with Gasteiger partial charge in [-0.25, -0.2) is 9.59 Å². The number of likely N-dealkylation sites (tertiary alicyclic amines) is 1. The van der Waals surface area contributed by atoms with Crippen LogP contribution < -0.4 is 10.6 Å². The third-order valence-corrected chi connectivity index (χ3v) is 5.66. The molecule has 4 N–H and O–H groups in total. The topological polar surface area (TPSA) is 145 Å². The second-order valence-corrected chi connectivity index (χ2v) is 9.86. The minimum Gasteiger partial charge on any atom is -0.480 e. The van der Waals surface area contributed by atoms with Crippen LogP contribution in [0.1, 0.15) is 73.1 Å². The lowest BCUT2D eigenvalue weighted by atomic mass is 10.0. The third kappa shape index (κ3) is 9.32. The summed E-state index contributed by atoms with van der Waals surface area (Å²) < 4.78 is 5.30. The van der Waals surface area contributed by atoms with E-state index in [0.717, 1.165) is 19.3 Å². The Morgan fingerprint density at radius 1 is 1.18 bits per heavy atom. The number of alkyl carbamates (subject to hydrolysis) is 1. The monoisotopic (exact) mass is 483 g/mol. The minimum absolute atomic E-state index is 0.0264. The Hall–Kier alpha value is -2.62. The fraction of sp³-hybridized carbons (Fsp3) is 0.750. The fourth-order valence-corrected chi connectivity index (χ4v) is 3.79. The smallest absolute Gasteiger partial charge is 0.408 e. The predicted octanol–water partition coefficient (Wildman–Crippen LogP) is 2.20. The van der Waals surface area contributed by atoms with Gasteiger partial charge in [-0.05, 0) is 27.2 Å². The lowest BCUT2D eigenvalue weighted by molar-refractivity contribution is -0.145. The Labute approximate surface area is 202 Å². The Bertz CT molecular complexity index is 735. The molecule has 1 aliphatic rings. The molecule has 1 aliphatic heterocycles. The molecule has 1 saturated heterocycles. The van der Waals surface area contributed by atoms with E-state index in [4.69, 9.17) is 4.74 Å². The Kier molecular flexibility index (Phi) is 11.5. The summed E-state index contributed by atoms with van der Waals surface area (Å²) in [6.07, 6.45) is 3.61. The van der Waals surface area contributed by atoms with Crippen molar-refractivity contribution >= 4 is 23.9 Å². The normalized spacial score (nSPS) is 20.7. The summed E-state index contributed by atoms with van der Waals surface area (Å²) in [7, 11) is 0. The maximum absolute atomic E-state index is 13.4. The maximum atomic E-state index is 13.4. The van der Waals surface area contributed by atoms with Gasteiger partial charge in [-0.3, -0.25) is 9.59 Å². The van der Waals surface area contributed by atoms with Crippen LogP contribution in [-0.2, 0) is 19.1 Å². The Morgan fingerprint density at radius 2 is 1.82 bits per heavy atom. The number of nitrogens with one attached hydrogen (secondary N) is 2. The van der Waals surface area contributed by atoms with Gasteiger partial charge in [-0.15, -0.1) is 6.58 Å². The number of ether oxygens (including phenoxy) is 1. The zero-order valence-corrected chi connectivity index (χ0v) is 21.0. The zero-order valence-electron chi connectivity index (χ0n) is 21.0. The summed E-state index contributed by atoms with van der Waals surface area (Å²) in [4.78, 5) is 51.6. The van der Waals surface area contributed by atoms with Crippen LogP contribution in [0.4, 0.5) is 4.79 Å². The molecular weight excluding hydrogens is 442 g/mol. The first kappa shape index (κ1) is 29.4. The highest BCUT2D eigenvalue weighted by Crippen LogP contribution is 2.22. The summed E-state index contributed by atoms with van der Waals surface area (Å²) in [6.45, 7) is 12.3. The number of carbonyl (C=O) groups excluding carboxylic acids is 3. The largest absolute Gasteiger partial charge is 0.480 e. The van der Waals surface area contributed by atoms with Crippen molar-refractivity contribution in [1.82, 2.24) is 15.5 Å². The summed E-state index contributed by atoms with van der Waals surface area (Å²) in [5.41, 5.74) is -0.750. The van der Waals surface area contributed by atoms with Crippen LogP contribution in [0.5, 0.6) is 0 Å². The van der Waals surface area contributed by atoms with E-state index in [1.54, 1.807) is 27.7 Å². The molecule has 1 rings (SSSR count). The first-order valence-corrected chi connectivity index (χ1v) is 11.9. The fourth-order valence-electron chi connectivity index (χ4n) is 3.79. The second-order valence-electron chi connectivity index (χ2n) is 9.86. The van der Waals surface area contributed by atoms with E-state index < -0.39 is 59.6 Å². The highest BCUT2D eigenvalue weighted by atomic mass is 16.6. The summed E-state index contributed by atoms with van der Waals surface area (Å²) >= 11 is 0. The van der Waals surface area contributed by atoms with E-state index in [1.165, 1.54) is 11.0 Å². The molecule has 194 valence electrons. The predicted molar refractivity (Wildman–Crippen MR) is 127 cm³/mol. The quantitative estimate of drug-likeness (QED) is 0.246. The van der Waals surface area contributed by atoms with Crippen molar-refractivity contribution in [3.63, 3.8) is 0 Å². The number of amides is 3. The highest BCUT2D eigenvalue weighted by molar-refractivity contribution is 5.93. The standard InChI is InChI=1S/C24H41N3O7/c1-7-9-10-11-12-17(25-23(33)34-24(4,5)6)21(30)27-14-16(28)13-18(27)20(29)26-19(22(31)32)15(3)8-2/h8,15-19,28H,2,7,9-14H2,1,3-6H3,(H,25,33)(H,26,29)(H,31,32)/t15?,16?,17-,18?,19?/m0/s1. The first-order valence-electron chi connectivity index (χ1n) is 11.9. The van der Waals surface area contributed by atoms with Crippen molar-refractivity contribution in [2.75, 3.05) is 6.54 Å². The van der Waals surface area contributed by atoms with Gasteiger partial charge in [0.25, 0.3) is 0 Å². The first-order chi connectivity index (χ1) is 15.8. The van der Waals surface area contributed by atoms with E-state index in [-0.39, 0.29) is 13.0 Å². The number of unbranched alkanes of at least 4 members (excludes halogenated alkanes) is 3. The van der Waals surface area contributed by atoms with Gasteiger partial charge >= 0.3 is 12.1 Å². The van der Waals surface area contributed by atoms with E-state index in [2.05, 4.69) is 24.1 Å². The number of hydrogen-bond donors (Lipinski definition) is 4. The molecule has 0 spiro atoms. The summed E-state index contributed by atoms with van der Waals surface area (Å²) in [5, 5.41) is 24.7.